The van der Waals surface area contributed by atoms with Gasteiger partial charge in [0.25, 0.3) is 0 Å². The van der Waals surface area contributed by atoms with E-state index >= 15 is 0 Å². The maximum atomic E-state index is 5.87. The van der Waals surface area contributed by atoms with Gasteiger partial charge in [-0.05, 0) is 55.1 Å². The summed E-state index contributed by atoms with van der Waals surface area (Å²) in [6, 6.07) is 19.7. The molecule has 0 aliphatic carbocycles. The summed E-state index contributed by atoms with van der Waals surface area (Å²) in [5, 5.41) is 3.63. The topological polar surface area (TPSA) is 24.5 Å². The lowest BCUT2D eigenvalue weighted by molar-refractivity contribution is 0.156. The van der Waals surface area contributed by atoms with E-state index in [-0.39, 0.29) is 12.4 Å². The van der Waals surface area contributed by atoms with E-state index in [0.29, 0.717) is 6.61 Å². The van der Waals surface area contributed by atoms with Crippen molar-refractivity contribution in [1.82, 2.24) is 10.2 Å². The van der Waals surface area contributed by atoms with Crippen molar-refractivity contribution in [3.05, 3.63) is 65.7 Å². The van der Waals surface area contributed by atoms with Crippen LogP contribution in [0.5, 0.6) is 5.75 Å². The Balaban J connectivity index is 0.00000182. The first-order valence-corrected chi connectivity index (χ1v) is 9.08. The average Bonchev–Trinajstić information content (AvgIpc) is 3.10. The fourth-order valence-corrected chi connectivity index (χ4v) is 3.96. The average molecular weight is 359 g/mol. The molecule has 0 spiro atoms. The molecule has 0 amide bonds. The molecular weight excluding hydrogens is 332 g/mol. The maximum absolute atomic E-state index is 5.87. The smallest absolute Gasteiger partial charge is 0.119 e. The number of benzene rings is 2. The van der Waals surface area contributed by atoms with Crippen LogP contribution in [0.25, 0.3) is 0 Å². The highest BCUT2D eigenvalue weighted by atomic mass is 35.5. The molecule has 0 radical (unpaired) electrons. The Morgan fingerprint density at radius 3 is 2.56 bits per heavy atom. The molecule has 4 rings (SSSR count). The summed E-state index contributed by atoms with van der Waals surface area (Å²) in [5.74, 6) is 1.80. The van der Waals surface area contributed by atoms with E-state index in [4.69, 9.17) is 4.74 Å². The third kappa shape index (κ3) is 4.75. The molecule has 2 aromatic rings. The third-order valence-corrected chi connectivity index (χ3v) is 5.32. The normalized spacial score (nSPS) is 22.9. The number of nitrogens with one attached hydrogen (secondary N) is 1. The predicted molar refractivity (Wildman–Crippen MR) is 104 cm³/mol. The van der Waals surface area contributed by atoms with Gasteiger partial charge >= 0.3 is 0 Å². The van der Waals surface area contributed by atoms with Crippen molar-refractivity contribution in [2.24, 2.45) is 5.92 Å². The van der Waals surface area contributed by atoms with Gasteiger partial charge in [0.1, 0.15) is 12.4 Å². The summed E-state index contributed by atoms with van der Waals surface area (Å²) in [6.45, 7) is 5.34. The van der Waals surface area contributed by atoms with E-state index in [1.165, 1.54) is 43.6 Å². The van der Waals surface area contributed by atoms with Crippen LogP contribution < -0.4 is 10.1 Å². The first-order chi connectivity index (χ1) is 11.9. The summed E-state index contributed by atoms with van der Waals surface area (Å²) in [7, 11) is 0. The largest absolute Gasteiger partial charge is 0.489 e. The monoisotopic (exact) mass is 358 g/mol. The van der Waals surface area contributed by atoms with Gasteiger partial charge in [-0.25, -0.2) is 0 Å². The summed E-state index contributed by atoms with van der Waals surface area (Å²) >= 11 is 0. The fraction of sp³-hybridized carbons (Fsp3) is 0.429. The molecule has 134 valence electrons. The highest BCUT2D eigenvalue weighted by Gasteiger charge is 2.32. The molecule has 25 heavy (non-hydrogen) atoms. The zero-order valence-corrected chi connectivity index (χ0v) is 15.4. The van der Waals surface area contributed by atoms with Gasteiger partial charge in [0.2, 0.25) is 0 Å². The highest BCUT2D eigenvalue weighted by Crippen LogP contribution is 2.26. The summed E-state index contributed by atoms with van der Waals surface area (Å²) in [4.78, 5) is 2.61. The SMILES string of the molecule is Cl.c1ccc(COc2ccc(CN3CCC4NCCC4C3)cc2)cc1. The molecule has 0 aromatic heterocycles. The number of nitrogens with zero attached hydrogens (tertiary/aromatic N) is 1. The second-order valence-electron chi connectivity index (χ2n) is 7.05. The maximum Gasteiger partial charge on any atom is 0.119 e. The summed E-state index contributed by atoms with van der Waals surface area (Å²) in [5.41, 5.74) is 2.58. The second kappa shape index (κ2) is 8.70. The number of halogens is 1. The standard InChI is InChI=1S/C21H26N2O.ClH/c1-2-4-18(5-3-1)16-24-20-8-6-17(7-9-20)14-23-13-11-21-19(15-23)10-12-22-21;/h1-9,19,21-22H,10-16H2;1H. The Morgan fingerprint density at radius 1 is 0.960 bits per heavy atom. The van der Waals surface area contributed by atoms with Gasteiger partial charge in [0, 0.05) is 19.1 Å². The third-order valence-electron chi connectivity index (χ3n) is 5.32. The van der Waals surface area contributed by atoms with Gasteiger partial charge in [-0.3, -0.25) is 4.90 Å². The first kappa shape index (κ1) is 18.2. The molecule has 0 saturated carbocycles. The Bertz CT molecular complexity index is 647. The van der Waals surface area contributed by atoms with Crippen LogP contribution in [0.4, 0.5) is 0 Å². The number of ether oxygens (including phenoxy) is 1. The van der Waals surface area contributed by atoms with Crippen molar-refractivity contribution < 1.29 is 4.74 Å². The lowest BCUT2D eigenvalue weighted by Gasteiger charge is -2.34. The van der Waals surface area contributed by atoms with Crippen LogP contribution in [0, 0.1) is 5.92 Å². The van der Waals surface area contributed by atoms with Crippen LogP contribution >= 0.6 is 12.4 Å². The molecule has 2 atom stereocenters. The summed E-state index contributed by atoms with van der Waals surface area (Å²) in [6.07, 6.45) is 2.64. The van der Waals surface area contributed by atoms with Gasteiger partial charge in [-0.1, -0.05) is 42.5 Å². The molecular formula is C21H27ClN2O. The Labute approximate surface area is 156 Å². The van der Waals surface area contributed by atoms with Crippen molar-refractivity contribution in [1.29, 1.82) is 0 Å². The molecule has 2 heterocycles. The molecule has 4 heteroatoms. The number of hydrogen-bond donors (Lipinski definition) is 1. The number of piperidine rings is 1. The van der Waals surface area contributed by atoms with E-state index in [1.54, 1.807) is 0 Å². The molecule has 2 aromatic carbocycles. The van der Waals surface area contributed by atoms with E-state index in [2.05, 4.69) is 46.6 Å². The molecule has 1 N–H and O–H groups in total. The van der Waals surface area contributed by atoms with Crippen LogP contribution in [-0.4, -0.2) is 30.6 Å². The van der Waals surface area contributed by atoms with Crippen LogP contribution in [0.15, 0.2) is 54.6 Å². The van der Waals surface area contributed by atoms with Crippen molar-refractivity contribution in [2.75, 3.05) is 19.6 Å². The van der Waals surface area contributed by atoms with Gasteiger partial charge in [-0.15, -0.1) is 12.4 Å². The number of rotatable bonds is 5. The molecule has 2 aliphatic rings. The van der Waals surface area contributed by atoms with Gasteiger partial charge in [0.15, 0.2) is 0 Å². The van der Waals surface area contributed by atoms with Crippen LogP contribution in [0.1, 0.15) is 24.0 Å². The minimum absolute atomic E-state index is 0. The zero-order chi connectivity index (χ0) is 16.2. The number of likely N-dealkylation sites (tertiary alicyclic amines) is 1. The minimum Gasteiger partial charge on any atom is -0.489 e. The van der Waals surface area contributed by atoms with E-state index in [0.717, 1.165) is 24.3 Å². The van der Waals surface area contributed by atoms with Crippen molar-refractivity contribution in [3.63, 3.8) is 0 Å². The highest BCUT2D eigenvalue weighted by molar-refractivity contribution is 5.85. The molecule has 0 bridgehead atoms. The molecule has 2 fully saturated rings. The predicted octanol–water partition coefficient (Wildman–Crippen LogP) is 3.87. The van der Waals surface area contributed by atoms with E-state index in [1.807, 2.05) is 18.2 Å². The molecule has 2 aliphatic heterocycles. The summed E-state index contributed by atoms with van der Waals surface area (Å²) < 4.78 is 5.87. The van der Waals surface area contributed by atoms with E-state index < -0.39 is 0 Å². The molecule has 2 saturated heterocycles. The van der Waals surface area contributed by atoms with Gasteiger partial charge < -0.3 is 10.1 Å². The number of hydrogen-bond acceptors (Lipinski definition) is 3. The molecule has 3 nitrogen and oxygen atoms in total. The van der Waals surface area contributed by atoms with Crippen molar-refractivity contribution in [3.8, 4) is 5.75 Å². The van der Waals surface area contributed by atoms with E-state index in [9.17, 15) is 0 Å². The minimum atomic E-state index is 0. The Kier molecular flexibility index (Phi) is 6.35. The van der Waals surface area contributed by atoms with Gasteiger partial charge in [-0.2, -0.15) is 0 Å². The zero-order valence-electron chi connectivity index (χ0n) is 14.6. The van der Waals surface area contributed by atoms with Crippen LogP contribution in [-0.2, 0) is 13.2 Å². The lowest BCUT2D eigenvalue weighted by atomic mass is 9.93. The van der Waals surface area contributed by atoms with Crippen LogP contribution in [0.2, 0.25) is 0 Å². The number of fused-ring (bicyclic) bond motifs is 1. The van der Waals surface area contributed by atoms with Crippen molar-refractivity contribution in [2.45, 2.75) is 32.0 Å². The molecule has 2 unspecified atom stereocenters. The second-order valence-corrected chi connectivity index (χ2v) is 7.05. The van der Waals surface area contributed by atoms with Gasteiger partial charge in [0.05, 0.1) is 0 Å². The van der Waals surface area contributed by atoms with Crippen LogP contribution in [0.3, 0.4) is 0 Å². The fourth-order valence-electron chi connectivity index (χ4n) is 3.96. The quantitative estimate of drug-likeness (QED) is 0.878. The Hall–Kier alpha value is -1.55. The Morgan fingerprint density at radius 2 is 1.76 bits per heavy atom. The van der Waals surface area contributed by atoms with Crippen molar-refractivity contribution >= 4 is 12.4 Å². The lowest BCUT2D eigenvalue weighted by Crippen LogP contribution is -2.43. The first-order valence-electron chi connectivity index (χ1n) is 9.08.